The summed E-state index contributed by atoms with van der Waals surface area (Å²) in [6.07, 6.45) is 0.424. The monoisotopic (exact) mass is 423 g/mol. The molecule has 4 aromatic rings. The van der Waals surface area contributed by atoms with Crippen molar-refractivity contribution in [2.24, 2.45) is 0 Å². The van der Waals surface area contributed by atoms with Gasteiger partial charge in [-0.05, 0) is 59.1 Å². The van der Waals surface area contributed by atoms with Crippen molar-refractivity contribution in [3.05, 3.63) is 86.8 Å². The molecule has 1 unspecified atom stereocenters. The Kier molecular flexibility index (Phi) is 4.40. The third-order valence-electron chi connectivity index (χ3n) is 5.29. The van der Waals surface area contributed by atoms with E-state index in [9.17, 15) is 4.79 Å². The molecule has 7 nitrogen and oxygen atoms in total. The quantitative estimate of drug-likeness (QED) is 0.538. The van der Waals surface area contributed by atoms with Crippen molar-refractivity contribution in [2.45, 2.75) is 12.5 Å². The predicted molar refractivity (Wildman–Crippen MR) is 113 cm³/mol. The van der Waals surface area contributed by atoms with Gasteiger partial charge in [0.25, 0.3) is 5.56 Å². The third-order valence-corrected chi connectivity index (χ3v) is 5.49. The number of rotatable bonds is 3. The molecular formula is C22H18ClN3O4. The van der Waals surface area contributed by atoms with Gasteiger partial charge in [-0.3, -0.25) is 4.79 Å². The van der Waals surface area contributed by atoms with Crippen LogP contribution in [-0.4, -0.2) is 23.9 Å². The van der Waals surface area contributed by atoms with Crippen LogP contribution in [-0.2, 0) is 6.42 Å². The fourth-order valence-corrected chi connectivity index (χ4v) is 4.01. The van der Waals surface area contributed by atoms with Crippen molar-refractivity contribution in [2.75, 3.05) is 19.6 Å². The summed E-state index contributed by atoms with van der Waals surface area (Å²) in [5, 5.41) is 0.799. The number of nitrogens with one attached hydrogen (secondary N) is 1. The van der Waals surface area contributed by atoms with E-state index in [-0.39, 0.29) is 10.8 Å². The second-order valence-electron chi connectivity index (χ2n) is 6.97. The minimum atomic E-state index is -0.478. The third kappa shape index (κ3) is 2.90. The van der Waals surface area contributed by atoms with Gasteiger partial charge in [0.05, 0.1) is 25.1 Å². The fourth-order valence-electron chi connectivity index (χ4n) is 3.86. The first kappa shape index (κ1) is 18.6. The Balaban J connectivity index is 1.79. The summed E-state index contributed by atoms with van der Waals surface area (Å²) in [5.74, 6) is 2.34. The van der Waals surface area contributed by atoms with Crippen molar-refractivity contribution in [3.8, 4) is 11.5 Å². The van der Waals surface area contributed by atoms with Crippen LogP contribution in [0.15, 0.2) is 57.7 Å². The molecule has 0 saturated carbocycles. The van der Waals surface area contributed by atoms with Crippen LogP contribution in [0.4, 0.5) is 0 Å². The molecule has 1 atom stereocenters. The summed E-state index contributed by atoms with van der Waals surface area (Å²) in [7, 11) is 3.17. The van der Waals surface area contributed by atoms with Crippen LogP contribution in [0.3, 0.4) is 0 Å². The van der Waals surface area contributed by atoms with E-state index in [4.69, 9.17) is 30.5 Å². The molecular weight excluding hydrogens is 406 g/mol. The maximum Gasteiger partial charge on any atom is 0.279 e. The number of hydrogen-bond acceptors (Lipinski definition) is 6. The number of aromatic nitrogens is 2. The minimum Gasteiger partial charge on any atom is -0.493 e. The highest BCUT2D eigenvalue weighted by atomic mass is 35.5. The van der Waals surface area contributed by atoms with Gasteiger partial charge in [-0.2, -0.15) is 0 Å². The molecule has 0 radical (unpaired) electrons. The van der Waals surface area contributed by atoms with E-state index in [2.05, 4.69) is 5.43 Å². The van der Waals surface area contributed by atoms with E-state index in [1.165, 1.54) is 4.68 Å². The molecule has 0 fully saturated rings. The first-order valence-electron chi connectivity index (χ1n) is 9.36. The van der Waals surface area contributed by atoms with Crippen molar-refractivity contribution in [1.29, 1.82) is 0 Å². The topological polar surface area (TPSA) is 78.5 Å². The summed E-state index contributed by atoms with van der Waals surface area (Å²) in [6, 6.07) is 14.1. The Morgan fingerprint density at radius 1 is 1.13 bits per heavy atom. The fraction of sp³-hybridized carbons (Fsp3) is 0.182. The number of hydrogen-bond donors (Lipinski definition) is 1. The maximum absolute atomic E-state index is 13.3. The summed E-state index contributed by atoms with van der Waals surface area (Å²) in [4.78, 5) is 18.0. The van der Waals surface area contributed by atoms with Gasteiger partial charge in [0.15, 0.2) is 16.7 Å². The van der Waals surface area contributed by atoms with Crippen molar-refractivity contribution < 1.29 is 13.9 Å². The van der Waals surface area contributed by atoms with E-state index in [0.717, 1.165) is 11.1 Å². The molecule has 30 heavy (non-hydrogen) atoms. The lowest BCUT2D eigenvalue weighted by Gasteiger charge is -2.20. The zero-order chi connectivity index (χ0) is 20.8. The van der Waals surface area contributed by atoms with Gasteiger partial charge >= 0.3 is 0 Å². The van der Waals surface area contributed by atoms with Crippen LogP contribution in [0.5, 0.6) is 11.5 Å². The zero-order valence-electron chi connectivity index (χ0n) is 16.3. The number of para-hydroxylation sites is 1. The molecule has 1 aliphatic rings. The van der Waals surface area contributed by atoms with Crippen LogP contribution in [0.1, 0.15) is 28.8 Å². The molecule has 2 aromatic carbocycles. The standard InChI is InChI=1S/C22H18ClN3O4/c1-28-17-9-12-10-20-24-15-6-4-3-5-13(15)22(27)26(20)25-21(14(12)11-18(17)29-2)16-7-8-19(23)30-16/h3-9,11,21,25H,10H2,1-2H3. The Morgan fingerprint density at radius 2 is 1.90 bits per heavy atom. The number of nitrogens with zero attached hydrogens (tertiary/aromatic N) is 2. The number of ether oxygens (including phenoxy) is 2. The van der Waals surface area contributed by atoms with Crippen LogP contribution in [0.25, 0.3) is 10.9 Å². The highest BCUT2D eigenvalue weighted by Crippen LogP contribution is 2.38. The average Bonchev–Trinajstić information content (AvgIpc) is 3.12. The highest BCUT2D eigenvalue weighted by Gasteiger charge is 2.29. The number of furan rings is 1. The Labute approximate surface area is 176 Å². The molecule has 1 N–H and O–H groups in total. The van der Waals surface area contributed by atoms with E-state index < -0.39 is 6.04 Å². The normalized spacial score (nSPS) is 15.1. The van der Waals surface area contributed by atoms with Gasteiger partial charge < -0.3 is 19.3 Å². The first-order valence-corrected chi connectivity index (χ1v) is 9.74. The van der Waals surface area contributed by atoms with Gasteiger partial charge in [-0.15, -0.1) is 0 Å². The molecule has 1 aliphatic heterocycles. The van der Waals surface area contributed by atoms with Gasteiger partial charge in [0.2, 0.25) is 0 Å². The van der Waals surface area contributed by atoms with Gasteiger partial charge in [0.1, 0.15) is 17.6 Å². The lowest BCUT2D eigenvalue weighted by atomic mass is 9.96. The van der Waals surface area contributed by atoms with Gasteiger partial charge in [0, 0.05) is 6.42 Å². The minimum absolute atomic E-state index is 0.176. The molecule has 8 heteroatoms. The molecule has 0 amide bonds. The number of methoxy groups -OCH3 is 2. The Morgan fingerprint density at radius 3 is 2.63 bits per heavy atom. The summed E-state index contributed by atoms with van der Waals surface area (Å²) < 4.78 is 18.2. The molecule has 0 bridgehead atoms. The molecule has 2 aromatic heterocycles. The Bertz CT molecular complexity index is 1330. The van der Waals surface area contributed by atoms with Crippen molar-refractivity contribution in [3.63, 3.8) is 0 Å². The van der Waals surface area contributed by atoms with Crippen molar-refractivity contribution >= 4 is 22.5 Å². The molecule has 5 rings (SSSR count). The molecule has 0 aliphatic carbocycles. The van der Waals surface area contributed by atoms with E-state index in [0.29, 0.717) is 40.4 Å². The molecule has 152 valence electrons. The second-order valence-corrected chi connectivity index (χ2v) is 7.35. The second kappa shape index (κ2) is 7.11. The maximum atomic E-state index is 13.3. The van der Waals surface area contributed by atoms with Crippen LogP contribution >= 0.6 is 11.6 Å². The van der Waals surface area contributed by atoms with E-state index in [1.54, 1.807) is 32.4 Å². The predicted octanol–water partition coefficient (Wildman–Crippen LogP) is 3.90. The van der Waals surface area contributed by atoms with Crippen LogP contribution < -0.4 is 20.5 Å². The van der Waals surface area contributed by atoms with Crippen molar-refractivity contribution in [1.82, 2.24) is 9.66 Å². The largest absolute Gasteiger partial charge is 0.493 e. The van der Waals surface area contributed by atoms with Gasteiger partial charge in [-0.1, -0.05) is 12.1 Å². The lowest BCUT2D eigenvalue weighted by molar-refractivity contribution is 0.354. The van der Waals surface area contributed by atoms with Gasteiger partial charge in [-0.25, -0.2) is 9.66 Å². The lowest BCUT2D eigenvalue weighted by Crippen LogP contribution is -2.34. The first-order chi connectivity index (χ1) is 14.6. The zero-order valence-corrected chi connectivity index (χ0v) is 17.1. The molecule has 0 saturated heterocycles. The van der Waals surface area contributed by atoms with Crippen LogP contribution in [0.2, 0.25) is 5.22 Å². The van der Waals surface area contributed by atoms with E-state index >= 15 is 0 Å². The average molecular weight is 424 g/mol. The molecule has 0 spiro atoms. The summed E-state index contributed by atoms with van der Waals surface area (Å²) >= 11 is 6.04. The number of halogens is 1. The van der Waals surface area contributed by atoms with E-state index in [1.807, 2.05) is 30.3 Å². The number of benzene rings is 2. The number of fused-ring (bicyclic) bond motifs is 3. The smallest absolute Gasteiger partial charge is 0.279 e. The summed E-state index contributed by atoms with van der Waals surface area (Å²) in [5.41, 5.74) is 5.58. The Hall–Kier alpha value is -3.45. The summed E-state index contributed by atoms with van der Waals surface area (Å²) in [6.45, 7) is 0. The SMILES string of the molecule is COc1cc2c(cc1OC)C(c1ccc(Cl)o1)Nn1c(nc3ccccc3c1=O)C2. The highest BCUT2D eigenvalue weighted by molar-refractivity contribution is 6.28. The molecule has 3 heterocycles. The van der Waals surface area contributed by atoms with Crippen LogP contribution in [0, 0.1) is 0 Å².